The van der Waals surface area contributed by atoms with Crippen LogP contribution in [0.15, 0.2) is 36.5 Å². The molecule has 0 atom stereocenters. The van der Waals surface area contributed by atoms with Crippen LogP contribution in [0.25, 0.3) is 0 Å². The summed E-state index contributed by atoms with van der Waals surface area (Å²) < 4.78 is 0. The van der Waals surface area contributed by atoms with Gasteiger partial charge in [0.05, 0.1) is 5.71 Å². The second-order valence-corrected chi connectivity index (χ2v) is 2.37. The van der Waals surface area contributed by atoms with E-state index in [1.807, 2.05) is 13.8 Å². The molecule has 0 heterocycles. The first-order valence-electron chi connectivity index (χ1n) is 3.12. The molecule has 0 saturated heterocycles. The normalized spacial score (nSPS) is 9.80. The number of allylic oxidation sites excluding steroid dienone is 4. The molecule has 0 aromatic rings. The predicted octanol–water partition coefficient (Wildman–Crippen LogP) is 2.71. The zero-order valence-electron chi connectivity index (χ0n) is 6.57. The van der Waals surface area contributed by atoms with Crippen molar-refractivity contribution in [2.24, 2.45) is 0 Å². The van der Waals surface area contributed by atoms with E-state index < -0.39 is 0 Å². The molecule has 0 unspecified atom stereocenters. The Morgan fingerprint density at radius 3 is 2.00 bits per heavy atom. The van der Waals surface area contributed by atoms with Crippen molar-refractivity contribution >= 4 is 5.71 Å². The Labute approximate surface area is 62.3 Å². The summed E-state index contributed by atoms with van der Waals surface area (Å²) in [6.45, 7) is 11.0. The van der Waals surface area contributed by atoms with E-state index in [0.29, 0.717) is 5.71 Å². The minimum atomic E-state index is 0.461. The molecule has 0 bridgehead atoms. The molecule has 0 aromatic heterocycles. The highest BCUT2D eigenvalue weighted by molar-refractivity contribution is 6.05. The molecular weight excluding hydrogens is 122 g/mol. The molecule has 0 aliphatic rings. The van der Waals surface area contributed by atoms with Crippen LogP contribution in [-0.2, 0) is 0 Å². The second-order valence-electron chi connectivity index (χ2n) is 2.37. The molecule has 0 radical (unpaired) electrons. The first kappa shape index (κ1) is 8.89. The number of rotatable bonds is 3. The molecule has 1 heteroatoms. The predicted molar refractivity (Wildman–Crippen MR) is 46.5 cm³/mol. The number of hydrogen-bond donors (Lipinski definition) is 1. The molecule has 10 heavy (non-hydrogen) atoms. The van der Waals surface area contributed by atoms with E-state index in [0.717, 1.165) is 11.1 Å². The average Bonchev–Trinajstić information content (AvgIpc) is 1.82. The van der Waals surface area contributed by atoms with Crippen LogP contribution in [0.4, 0.5) is 0 Å². The molecule has 1 nitrogen and oxygen atoms in total. The van der Waals surface area contributed by atoms with E-state index in [4.69, 9.17) is 5.41 Å². The summed E-state index contributed by atoms with van der Waals surface area (Å²) in [4.78, 5) is 0. The average molecular weight is 135 g/mol. The third-order valence-corrected chi connectivity index (χ3v) is 0.994. The van der Waals surface area contributed by atoms with E-state index in [9.17, 15) is 0 Å². The third kappa shape index (κ3) is 3.84. The maximum Gasteiger partial charge on any atom is 0.0563 e. The quantitative estimate of drug-likeness (QED) is 0.454. The lowest BCUT2D eigenvalue weighted by Crippen LogP contribution is -1.89. The SMILES string of the molecule is C=C(C)/C=C\C(=N)C(=C)C. The maximum atomic E-state index is 7.31. The highest BCUT2D eigenvalue weighted by atomic mass is 14.4. The van der Waals surface area contributed by atoms with Crippen molar-refractivity contribution < 1.29 is 0 Å². The topological polar surface area (TPSA) is 23.9 Å². The fraction of sp³-hybridized carbons (Fsp3) is 0.222. The fourth-order valence-electron chi connectivity index (χ4n) is 0.368. The van der Waals surface area contributed by atoms with Crippen molar-refractivity contribution in [1.29, 1.82) is 5.41 Å². The van der Waals surface area contributed by atoms with Crippen molar-refractivity contribution in [3.8, 4) is 0 Å². The fourth-order valence-corrected chi connectivity index (χ4v) is 0.368. The Balaban J connectivity index is 4.03. The molecule has 0 saturated carbocycles. The Kier molecular flexibility index (Phi) is 3.40. The summed E-state index contributed by atoms with van der Waals surface area (Å²) in [5, 5.41) is 7.31. The molecule has 0 amide bonds. The zero-order chi connectivity index (χ0) is 8.15. The van der Waals surface area contributed by atoms with Gasteiger partial charge in [-0.1, -0.05) is 24.8 Å². The van der Waals surface area contributed by atoms with E-state index in [1.165, 1.54) is 0 Å². The summed E-state index contributed by atoms with van der Waals surface area (Å²) >= 11 is 0. The van der Waals surface area contributed by atoms with Crippen molar-refractivity contribution in [1.82, 2.24) is 0 Å². The second kappa shape index (κ2) is 3.83. The van der Waals surface area contributed by atoms with Gasteiger partial charge in [-0.15, -0.1) is 0 Å². The van der Waals surface area contributed by atoms with Gasteiger partial charge in [0.25, 0.3) is 0 Å². The van der Waals surface area contributed by atoms with Crippen molar-refractivity contribution in [2.75, 3.05) is 0 Å². The lowest BCUT2D eigenvalue weighted by atomic mass is 10.2. The van der Waals surface area contributed by atoms with Crippen LogP contribution in [0.5, 0.6) is 0 Å². The van der Waals surface area contributed by atoms with Crippen LogP contribution in [0.1, 0.15) is 13.8 Å². The first-order valence-corrected chi connectivity index (χ1v) is 3.12. The molecule has 0 aliphatic carbocycles. The van der Waals surface area contributed by atoms with Gasteiger partial charge in [0.2, 0.25) is 0 Å². The molecule has 0 spiro atoms. The van der Waals surface area contributed by atoms with Crippen LogP contribution >= 0.6 is 0 Å². The Bertz CT molecular complexity index is 197. The van der Waals surface area contributed by atoms with Gasteiger partial charge < -0.3 is 5.41 Å². The highest BCUT2D eigenvalue weighted by Gasteiger charge is 1.88. The molecule has 0 aliphatic heterocycles. The maximum absolute atomic E-state index is 7.31. The Hall–Kier alpha value is -1.11. The van der Waals surface area contributed by atoms with Crippen LogP contribution < -0.4 is 0 Å². The van der Waals surface area contributed by atoms with Gasteiger partial charge in [0, 0.05) is 0 Å². The summed E-state index contributed by atoms with van der Waals surface area (Å²) in [5.41, 5.74) is 2.19. The van der Waals surface area contributed by atoms with Gasteiger partial charge in [-0.05, 0) is 25.5 Å². The molecule has 1 N–H and O–H groups in total. The molecular formula is C9H13N. The summed E-state index contributed by atoms with van der Waals surface area (Å²) in [6.07, 6.45) is 3.50. The summed E-state index contributed by atoms with van der Waals surface area (Å²) in [5.74, 6) is 0. The van der Waals surface area contributed by atoms with Crippen LogP contribution in [0.3, 0.4) is 0 Å². The van der Waals surface area contributed by atoms with E-state index in [1.54, 1.807) is 12.2 Å². The van der Waals surface area contributed by atoms with Crippen molar-refractivity contribution in [2.45, 2.75) is 13.8 Å². The van der Waals surface area contributed by atoms with Gasteiger partial charge in [-0.25, -0.2) is 0 Å². The van der Waals surface area contributed by atoms with Gasteiger partial charge in [0.15, 0.2) is 0 Å². The highest BCUT2D eigenvalue weighted by Crippen LogP contribution is 1.95. The standard InChI is InChI=1S/C9H13N/c1-7(2)5-6-9(10)8(3)4/h5-6,10H,1,3H2,2,4H3/b6-5-,10-9?. The summed E-state index contributed by atoms with van der Waals surface area (Å²) in [6, 6.07) is 0. The van der Waals surface area contributed by atoms with Crippen LogP contribution in [0.2, 0.25) is 0 Å². The largest absolute Gasteiger partial charge is 0.301 e. The van der Waals surface area contributed by atoms with E-state index >= 15 is 0 Å². The molecule has 0 fully saturated rings. The minimum Gasteiger partial charge on any atom is -0.301 e. The van der Waals surface area contributed by atoms with Gasteiger partial charge in [0.1, 0.15) is 0 Å². The first-order chi connectivity index (χ1) is 4.54. The van der Waals surface area contributed by atoms with Gasteiger partial charge in [-0.2, -0.15) is 0 Å². The Morgan fingerprint density at radius 2 is 1.70 bits per heavy atom. The Morgan fingerprint density at radius 1 is 1.20 bits per heavy atom. The smallest absolute Gasteiger partial charge is 0.0563 e. The molecule has 0 rings (SSSR count). The van der Waals surface area contributed by atoms with Crippen LogP contribution in [0, 0.1) is 5.41 Å². The zero-order valence-corrected chi connectivity index (χ0v) is 6.57. The van der Waals surface area contributed by atoms with E-state index in [-0.39, 0.29) is 0 Å². The molecule has 54 valence electrons. The minimum absolute atomic E-state index is 0.461. The van der Waals surface area contributed by atoms with Crippen molar-refractivity contribution in [3.63, 3.8) is 0 Å². The van der Waals surface area contributed by atoms with E-state index in [2.05, 4.69) is 13.2 Å². The van der Waals surface area contributed by atoms with Gasteiger partial charge in [-0.3, -0.25) is 0 Å². The van der Waals surface area contributed by atoms with Gasteiger partial charge >= 0.3 is 0 Å². The third-order valence-electron chi connectivity index (χ3n) is 0.994. The molecule has 0 aromatic carbocycles. The number of nitrogens with one attached hydrogen (secondary N) is 1. The monoisotopic (exact) mass is 135 g/mol. The lowest BCUT2D eigenvalue weighted by Gasteiger charge is -1.92. The number of hydrogen-bond acceptors (Lipinski definition) is 1. The lowest BCUT2D eigenvalue weighted by molar-refractivity contribution is 1.46. The summed E-state index contributed by atoms with van der Waals surface area (Å²) in [7, 11) is 0. The van der Waals surface area contributed by atoms with Crippen molar-refractivity contribution in [3.05, 3.63) is 36.5 Å². The van der Waals surface area contributed by atoms with Crippen LogP contribution in [-0.4, -0.2) is 5.71 Å².